The molecule has 0 atom stereocenters. The molecule has 0 saturated heterocycles. The smallest absolute Gasteiger partial charge is 0.305 e. The van der Waals surface area contributed by atoms with Gasteiger partial charge in [0, 0.05) is 18.1 Å². The van der Waals surface area contributed by atoms with Crippen molar-refractivity contribution in [2.45, 2.75) is 30.6 Å². The number of sulfonamides is 1. The summed E-state index contributed by atoms with van der Waals surface area (Å²) < 4.78 is 33.2. The van der Waals surface area contributed by atoms with E-state index in [1.54, 1.807) is 0 Å². The van der Waals surface area contributed by atoms with Crippen LogP contribution in [0.1, 0.15) is 24.0 Å². The number of carboxylic acids is 1. The molecule has 0 heterocycles. The van der Waals surface area contributed by atoms with Gasteiger partial charge in [0.1, 0.15) is 17.3 Å². The summed E-state index contributed by atoms with van der Waals surface area (Å²) >= 11 is 12.0. The lowest BCUT2D eigenvalue weighted by Gasteiger charge is -2.22. The number of nitrogens with one attached hydrogen (secondary N) is 1. The summed E-state index contributed by atoms with van der Waals surface area (Å²) in [5, 5.41) is 11.3. The Labute approximate surface area is 202 Å². The van der Waals surface area contributed by atoms with Crippen LogP contribution in [0.2, 0.25) is 10.0 Å². The minimum Gasteiger partial charge on any atom is -0.492 e. The molecule has 1 aliphatic rings. The van der Waals surface area contributed by atoms with Crippen LogP contribution in [0.15, 0.2) is 41.3 Å². The maximum atomic E-state index is 13.2. The first-order valence-electron chi connectivity index (χ1n) is 10.3. The van der Waals surface area contributed by atoms with E-state index in [4.69, 9.17) is 33.0 Å². The first-order chi connectivity index (χ1) is 15.7. The standard InChI is InChI=1S/C22H24Cl2N2O6S/c23-17-5-7-20(19(24)13-17)33(30,31)26(14-21(27)25-9-8-22(28)29)10-11-32-18-6-4-15-2-1-3-16(15)12-18/h4-7,12-13H,1-3,8-11,14H2,(H,25,27)(H,28,29). The van der Waals surface area contributed by atoms with Gasteiger partial charge >= 0.3 is 5.97 Å². The van der Waals surface area contributed by atoms with Gasteiger partial charge in [-0.15, -0.1) is 0 Å². The SMILES string of the molecule is O=C(O)CCNC(=O)CN(CCOc1ccc2c(c1)CCC2)S(=O)(=O)c1ccc(Cl)cc1Cl. The largest absolute Gasteiger partial charge is 0.492 e. The molecule has 2 aromatic carbocycles. The van der Waals surface area contributed by atoms with Crippen molar-refractivity contribution in [3.05, 3.63) is 57.6 Å². The van der Waals surface area contributed by atoms with Gasteiger partial charge in [-0.25, -0.2) is 8.42 Å². The van der Waals surface area contributed by atoms with Gasteiger partial charge in [-0.05, 0) is 60.7 Å². The molecular weight excluding hydrogens is 491 g/mol. The molecule has 33 heavy (non-hydrogen) atoms. The number of halogens is 2. The topological polar surface area (TPSA) is 113 Å². The highest BCUT2D eigenvalue weighted by Gasteiger charge is 2.29. The molecule has 11 heteroatoms. The van der Waals surface area contributed by atoms with Crippen molar-refractivity contribution in [1.82, 2.24) is 9.62 Å². The molecule has 0 aliphatic heterocycles. The second kappa shape index (κ2) is 11.2. The van der Waals surface area contributed by atoms with Crippen LogP contribution < -0.4 is 10.1 Å². The van der Waals surface area contributed by atoms with Crippen LogP contribution in [-0.4, -0.2) is 55.9 Å². The molecule has 1 aliphatic carbocycles. The van der Waals surface area contributed by atoms with Crippen LogP contribution in [-0.2, 0) is 32.5 Å². The Morgan fingerprint density at radius 2 is 1.85 bits per heavy atom. The summed E-state index contributed by atoms with van der Waals surface area (Å²) in [6.45, 7) is -0.750. The first kappa shape index (κ1) is 25.3. The van der Waals surface area contributed by atoms with Gasteiger partial charge in [-0.3, -0.25) is 9.59 Å². The highest BCUT2D eigenvalue weighted by Crippen LogP contribution is 2.28. The number of carboxylic acid groups (broad SMARTS) is 1. The fraction of sp³-hybridized carbons (Fsp3) is 0.364. The van der Waals surface area contributed by atoms with Gasteiger partial charge in [-0.1, -0.05) is 29.3 Å². The molecule has 2 N–H and O–H groups in total. The van der Waals surface area contributed by atoms with E-state index < -0.39 is 28.4 Å². The number of carbonyl (C=O) groups is 2. The Morgan fingerprint density at radius 3 is 2.58 bits per heavy atom. The molecule has 3 rings (SSSR count). The Kier molecular flexibility index (Phi) is 8.58. The Bertz CT molecular complexity index is 1140. The highest BCUT2D eigenvalue weighted by molar-refractivity contribution is 7.89. The van der Waals surface area contributed by atoms with Crippen LogP contribution in [0.3, 0.4) is 0 Å². The number of aliphatic carboxylic acids is 1. The summed E-state index contributed by atoms with van der Waals surface area (Å²) in [5.41, 5.74) is 2.52. The third-order valence-electron chi connectivity index (χ3n) is 5.17. The Hall–Kier alpha value is -2.33. The maximum absolute atomic E-state index is 13.2. The van der Waals surface area contributed by atoms with Crippen molar-refractivity contribution < 1.29 is 27.9 Å². The maximum Gasteiger partial charge on any atom is 0.305 e. The van der Waals surface area contributed by atoms with Crippen LogP contribution >= 0.6 is 23.2 Å². The zero-order chi connectivity index (χ0) is 24.0. The zero-order valence-electron chi connectivity index (χ0n) is 17.7. The monoisotopic (exact) mass is 514 g/mol. The molecule has 0 bridgehead atoms. The van der Waals surface area contributed by atoms with E-state index in [2.05, 4.69) is 5.32 Å². The Balaban J connectivity index is 1.72. The molecule has 0 aromatic heterocycles. The number of hydrogen-bond donors (Lipinski definition) is 2. The van der Waals surface area contributed by atoms with Crippen molar-refractivity contribution in [3.8, 4) is 5.75 Å². The molecule has 0 unspecified atom stereocenters. The van der Waals surface area contributed by atoms with Gasteiger partial charge in [-0.2, -0.15) is 4.31 Å². The summed E-state index contributed by atoms with van der Waals surface area (Å²) in [6, 6.07) is 9.79. The van der Waals surface area contributed by atoms with E-state index in [0.29, 0.717) is 5.75 Å². The van der Waals surface area contributed by atoms with Crippen LogP contribution in [0.4, 0.5) is 0 Å². The average molecular weight is 515 g/mol. The summed E-state index contributed by atoms with van der Waals surface area (Å²) in [4.78, 5) is 22.8. The molecule has 178 valence electrons. The summed E-state index contributed by atoms with van der Waals surface area (Å²) in [6.07, 6.45) is 2.85. The quantitative estimate of drug-likeness (QED) is 0.476. The van der Waals surface area contributed by atoms with Gasteiger partial charge in [0.2, 0.25) is 15.9 Å². The predicted molar refractivity (Wildman–Crippen MR) is 124 cm³/mol. The zero-order valence-corrected chi connectivity index (χ0v) is 20.0. The Morgan fingerprint density at radius 1 is 1.09 bits per heavy atom. The van der Waals surface area contributed by atoms with E-state index >= 15 is 0 Å². The predicted octanol–water partition coefficient (Wildman–Crippen LogP) is 3.14. The number of fused-ring (bicyclic) bond motifs is 1. The van der Waals surface area contributed by atoms with Crippen molar-refractivity contribution in [1.29, 1.82) is 0 Å². The third kappa shape index (κ3) is 6.83. The number of nitrogens with zero attached hydrogens (tertiary/aromatic N) is 1. The van der Waals surface area contributed by atoms with E-state index in [1.165, 1.54) is 29.3 Å². The van der Waals surface area contributed by atoms with E-state index in [-0.39, 0.29) is 41.1 Å². The minimum atomic E-state index is -4.16. The van der Waals surface area contributed by atoms with Crippen LogP contribution in [0, 0.1) is 0 Å². The highest BCUT2D eigenvalue weighted by atomic mass is 35.5. The lowest BCUT2D eigenvalue weighted by atomic mass is 10.1. The molecule has 0 fully saturated rings. The number of amides is 1. The number of hydrogen-bond acceptors (Lipinski definition) is 5. The number of carbonyl (C=O) groups excluding carboxylic acids is 1. The molecule has 0 saturated carbocycles. The summed E-state index contributed by atoms with van der Waals surface area (Å²) in [5.74, 6) is -1.08. The number of benzene rings is 2. The van der Waals surface area contributed by atoms with Crippen molar-refractivity contribution in [3.63, 3.8) is 0 Å². The van der Waals surface area contributed by atoms with E-state index in [9.17, 15) is 18.0 Å². The molecule has 0 spiro atoms. The summed E-state index contributed by atoms with van der Waals surface area (Å²) in [7, 11) is -4.16. The molecule has 8 nitrogen and oxygen atoms in total. The normalized spacial score (nSPS) is 13.1. The van der Waals surface area contributed by atoms with Gasteiger partial charge in [0.25, 0.3) is 0 Å². The first-order valence-corrected chi connectivity index (χ1v) is 12.5. The molecular formula is C22H24Cl2N2O6S. The number of ether oxygens (including phenoxy) is 1. The van der Waals surface area contributed by atoms with Crippen LogP contribution in [0.5, 0.6) is 5.75 Å². The van der Waals surface area contributed by atoms with E-state index in [0.717, 1.165) is 23.6 Å². The van der Waals surface area contributed by atoms with Crippen LogP contribution in [0.25, 0.3) is 0 Å². The van der Waals surface area contributed by atoms with Gasteiger partial charge in [0.15, 0.2) is 0 Å². The average Bonchev–Trinajstić information content (AvgIpc) is 3.20. The lowest BCUT2D eigenvalue weighted by Crippen LogP contribution is -2.43. The van der Waals surface area contributed by atoms with Crippen molar-refractivity contribution >= 4 is 45.1 Å². The molecule has 2 aromatic rings. The van der Waals surface area contributed by atoms with Gasteiger partial charge < -0.3 is 15.2 Å². The molecule has 0 radical (unpaired) electrons. The second-order valence-electron chi connectivity index (χ2n) is 7.54. The minimum absolute atomic E-state index is 0.00559. The third-order valence-corrected chi connectivity index (χ3v) is 7.74. The van der Waals surface area contributed by atoms with Crippen molar-refractivity contribution in [2.24, 2.45) is 0 Å². The second-order valence-corrected chi connectivity index (χ2v) is 10.3. The lowest BCUT2D eigenvalue weighted by molar-refractivity contribution is -0.136. The number of aryl methyl sites for hydroxylation is 2. The molecule has 1 amide bonds. The van der Waals surface area contributed by atoms with Gasteiger partial charge in [0.05, 0.1) is 18.0 Å². The number of rotatable bonds is 11. The van der Waals surface area contributed by atoms with Crippen molar-refractivity contribution in [2.75, 3.05) is 26.2 Å². The van der Waals surface area contributed by atoms with E-state index in [1.807, 2.05) is 18.2 Å². The fourth-order valence-corrected chi connectivity index (χ4v) is 5.66. The fourth-order valence-electron chi connectivity index (χ4n) is 3.54.